The first-order valence-electron chi connectivity index (χ1n) is 32.9. The van der Waals surface area contributed by atoms with Gasteiger partial charge in [0.05, 0.1) is 25.4 Å². The average molecular weight is 1130 g/mol. The first-order valence-corrected chi connectivity index (χ1v) is 34.2. The molecule has 0 spiro atoms. The molecule has 1 aliphatic heterocycles. The summed E-state index contributed by atoms with van der Waals surface area (Å²) in [6.45, 7) is 3.44. The Morgan fingerprint density at radius 2 is 0.859 bits per heavy atom. The van der Waals surface area contributed by atoms with E-state index < -0.39 is 59.9 Å². The Kier molecular flexibility index (Phi) is 52.0. The molecule has 0 bridgehead atoms. The Balaban J connectivity index is 2.24. The minimum absolute atomic E-state index is 0.258. The molecule has 1 aliphatic rings. The second kappa shape index (κ2) is 54.6. The molecule has 0 aliphatic carbocycles. The van der Waals surface area contributed by atoms with Crippen molar-refractivity contribution in [2.75, 3.05) is 13.2 Å². The van der Waals surface area contributed by atoms with Crippen LogP contribution in [0.5, 0.6) is 0 Å². The second-order valence-corrected chi connectivity index (χ2v) is 24.1. The largest absolute Gasteiger partial charge is 0.397 e. The Morgan fingerprint density at radius 3 is 1.22 bits per heavy atom. The van der Waals surface area contributed by atoms with Crippen molar-refractivity contribution >= 4 is 16.3 Å². The quantitative estimate of drug-likeness (QED) is 0.0193. The Labute approximate surface area is 479 Å². The number of aliphatic hydroxyl groups excluding tert-OH is 4. The van der Waals surface area contributed by atoms with E-state index in [1.54, 1.807) is 6.08 Å². The third kappa shape index (κ3) is 45.9. The highest BCUT2D eigenvalue weighted by Gasteiger charge is 2.48. The molecule has 0 aromatic rings. The van der Waals surface area contributed by atoms with Crippen LogP contribution >= 0.6 is 0 Å². The molecule has 1 saturated heterocycles. The number of hydrogen-bond donors (Lipinski definition) is 6. The lowest BCUT2D eigenvalue weighted by molar-refractivity contribution is -0.298. The number of rotatable bonds is 58. The summed E-state index contributed by atoms with van der Waals surface area (Å²) in [6.07, 6.45) is 62.1. The van der Waals surface area contributed by atoms with E-state index in [0.29, 0.717) is 6.42 Å². The van der Waals surface area contributed by atoms with Crippen LogP contribution < -0.4 is 5.32 Å². The van der Waals surface area contributed by atoms with Gasteiger partial charge in [-0.2, -0.15) is 8.42 Å². The van der Waals surface area contributed by atoms with Gasteiger partial charge in [-0.25, -0.2) is 4.18 Å². The lowest BCUT2D eigenvalue weighted by Crippen LogP contribution is -2.61. The van der Waals surface area contributed by atoms with Gasteiger partial charge >= 0.3 is 10.4 Å². The molecular formula is C65H123NO11S. The number of unbranched alkanes of at least 4 members (excludes halogenated alkanes) is 42. The molecule has 1 rings (SSSR count). The zero-order valence-electron chi connectivity index (χ0n) is 50.2. The first-order chi connectivity index (χ1) is 38.0. The maximum absolute atomic E-state index is 13.2. The number of carbonyl (C=O) groups excluding carboxylic acids is 1. The van der Waals surface area contributed by atoms with E-state index >= 15 is 0 Å². The molecular weight excluding hydrogens is 1000 g/mol. The normalized spacial score (nSPS) is 19.0. The molecule has 0 saturated carbocycles. The number of allylic oxidation sites excluding steroid dienone is 5. The smallest absolute Gasteiger partial charge is 0.394 e. The van der Waals surface area contributed by atoms with Gasteiger partial charge in [-0.15, -0.1) is 0 Å². The maximum Gasteiger partial charge on any atom is 0.397 e. The molecule has 78 heavy (non-hydrogen) atoms. The van der Waals surface area contributed by atoms with Gasteiger partial charge in [0.15, 0.2) is 6.29 Å². The lowest BCUT2D eigenvalue weighted by Gasteiger charge is -2.41. The van der Waals surface area contributed by atoms with Gasteiger partial charge in [0.2, 0.25) is 5.91 Å². The SMILES string of the molecule is CCCCCCCCCCC/C=C\C/C=C\CCCCCCCCCCCCCCCCCCCC(=O)NC(COC1OC(CO)C(O)C(OS(=O)(=O)O)C1O)C(O)/C=C/CCCCCCCCCCCCCCCCCC. The van der Waals surface area contributed by atoms with E-state index in [4.69, 9.17) is 9.47 Å². The van der Waals surface area contributed by atoms with Gasteiger partial charge in [-0.05, 0) is 51.4 Å². The molecule has 0 aromatic heterocycles. The third-order valence-corrected chi connectivity index (χ3v) is 16.1. The van der Waals surface area contributed by atoms with Crippen LogP contribution in [0.2, 0.25) is 0 Å². The molecule has 13 heteroatoms. The standard InChI is InChI=1S/C65H123NO11S/c1-3-5-7-9-11-13-15-17-19-21-23-24-25-26-27-28-29-30-31-32-33-34-35-36-37-39-41-43-45-47-49-51-53-55-61(69)66-58(57-75-65-63(71)64(77-78(72,73)74)62(70)60(56-67)76-65)59(68)54-52-50-48-46-44-42-40-38-22-20-18-16-14-12-10-8-6-4-2/h23-24,26-27,52,54,58-60,62-65,67-68,70-71H,3-22,25,28-51,53,55-57H2,1-2H3,(H,66,69)(H,72,73,74)/b24-23-,27-26-,54-52+. The van der Waals surface area contributed by atoms with Crippen LogP contribution in [0.25, 0.3) is 0 Å². The van der Waals surface area contributed by atoms with E-state index in [1.807, 2.05) is 6.08 Å². The van der Waals surface area contributed by atoms with Crippen molar-refractivity contribution in [1.29, 1.82) is 0 Å². The summed E-state index contributed by atoms with van der Waals surface area (Å²) in [7, 11) is -5.09. The van der Waals surface area contributed by atoms with E-state index in [9.17, 15) is 38.2 Å². The van der Waals surface area contributed by atoms with Gasteiger partial charge in [-0.3, -0.25) is 9.35 Å². The van der Waals surface area contributed by atoms with Gasteiger partial charge in [0, 0.05) is 6.42 Å². The summed E-state index contributed by atoms with van der Waals surface area (Å²) >= 11 is 0. The zero-order chi connectivity index (χ0) is 56.8. The fraction of sp³-hybridized carbons (Fsp3) is 0.892. The zero-order valence-corrected chi connectivity index (χ0v) is 51.1. The molecule has 7 unspecified atom stereocenters. The van der Waals surface area contributed by atoms with Crippen LogP contribution in [0.15, 0.2) is 36.5 Å². The molecule has 6 N–H and O–H groups in total. The summed E-state index contributed by atoms with van der Waals surface area (Å²) in [5, 5.41) is 45.1. The minimum Gasteiger partial charge on any atom is -0.394 e. The monoisotopic (exact) mass is 1130 g/mol. The number of carbonyl (C=O) groups is 1. The summed E-state index contributed by atoms with van der Waals surface area (Å²) < 4.78 is 47.9. The highest BCUT2D eigenvalue weighted by atomic mass is 32.3. The van der Waals surface area contributed by atoms with E-state index in [1.165, 1.54) is 244 Å². The molecule has 1 fully saturated rings. The van der Waals surface area contributed by atoms with Gasteiger partial charge in [-0.1, -0.05) is 294 Å². The number of ether oxygens (including phenoxy) is 2. The van der Waals surface area contributed by atoms with Gasteiger partial charge in [0.1, 0.15) is 24.4 Å². The van der Waals surface area contributed by atoms with Crippen molar-refractivity contribution in [2.45, 2.75) is 358 Å². The van der Waals surface area contributed by atoms with Crippen LogP contribution in [0.1, 0.15) is 316 Å². The van der Waals surface area contributed by atoms with Crippen molar-refractivity contribution in [2.24, 2.45) is 0 Å². The molecule has 460 valence electrons. The van der Waals surface area contributed by atoms with Crippen LogP contribution in [0.3, 0.4) is 0 Å². The highest BCUT2D eigenvalue weighted by Crippen LogP contribution is 2.26. The predicted octanol–water partition coefficient (Wildman–Crippen LogP) is 16.5. The number of hydrogen-bond acceptors (Lipinski definition) is 10. The second-order valence-electron chi connectivity index (χ2n) is 23.1. The van der Waals surface area contributed by atoms with Crippen LogP contribution in [-0.2, 0) is 28.9 Å². The summed E-state index contributed by atoms with van der Waals surface area (Å²) in [5.41, 5.74) is 0. The average Bonchev–Trinajstić information content (AvgIpc) is 3.43. The van der Waals surface area contributed by atoms with Gasteiger partial charge in [0.25, 0.3) is 0 Å². The minimum atomic E-state index is -5.09. The van der Waals surface area contributed by atoms with Crippen molar-refractivity contribution in [3.05, 3.63) is 36.5 Å². The first kappa shape index (κ1) is 74.3. The summed E-state index contributed by atoms with van der Waals surface area (Å²) in [5.74, 6) is -0.258. The van der Waals surface area contributed by atoms with Crippen LogP contribution in [0, 0.1) is 0 Å². The van der Waals surface area contributed by atoms with E-state index in [-0.39, 0.29) is 18.9 Å². The molecule has 7 atom stereocenters. The Morgan fingerprint density at radius 1 is 0.513 bits per heavy atom. The topological polar surface area (TPSA) is 192 Å². The molecule has 1 amide bonds. The molecule has 1 heterocycles. The van der Waals surface area contributed by atoms with Crippen LogP contribution in [-0.4, -0.2) is 95.4 Å². The van der Waals surface area contributed by atoms with E-state index in [0.717, 1.165) is 44.9 Å². The predicted molar refractivity (Wildman–Crippen MR) is 324 cm³/mol. The number of amides is 1. The fourth-order valence-electron chi connectivity index (χ4n) is 10.6. The Bertz CT molecular complexity index is 1510. The van der Waals surface area contributed by atoms with Gasteiger partial charge < -0.3 is 35.2 Å². The van der Waals surface area contributed by atoms with Crippen LogP contribution in [0.4, 0.5) is 0 Å². The highest BCUT2D eigenvalue weighted by molar-refractivity contribution is 7.80. The number of nitrogens with one attached hydrogen (secondary N) is 1. The summed E-state index contributed by atoms with van der Waals surface area (Å²) in [6, 6.07) is -0.944. The third-order valence-electron chi connectivity index (χ3n) is 15.7. The molecule has 12 nitrogen and oxygen atoms in total. The van der Waals surface area contributed by atoms with Crippen molar-refractivity contribution < 1.29 is 51.8 Å². The van der Waals surface area contributed by atoms with Crippen molar-refractivity contribution in [1.82, 2.24) is 5.32 Å². The summed E-state index contributed by atoms with van der Waals surface area (Å²) in [4.78, 5) is 13.2. The van der Waals surface area contributed by atoms with Crippen molar-refractivity contribution in [3.8, 4) is 0 Å². The molecule has 0 aromatic carbocycles. The maximum atomic E-state index is 13.2. The molecule has 0 radical (unpaired) electrons. The van der Waals surface area contributed by atoms with Crippen molar-refractivity contribution in [3.63, 3.8) is 0 Å². The fourth-order valence-corrected chi connectivity index (χ4v) is 11.1. The lowest BCUT2D eigenvalue weighted by atomic mass is 9.99. The Hall–Kier alpha value is -1.68. The number of aliphatic hydroxyl groups is 4. The van der Waals surface area contributed by atoms with E-state index in [2.05, 4.69) is 47.7 Å².